The molecule has 1 aliphatic heterocycles. The summed E-state index contributed by atoms with van der Waals surface area (Å²) in [5.74, 6) is -3.50. The van der Waals surface area contributed by atoms with Gasteiger partial charge in [-0.2, -0.15) is 5.26 Å². The van der Waals surface area contributed by atoms with Crippen molar-refractivity contribution in [3.63, 3.8) is 0 Å². The molecule has 10 nitrogen and oxygen atoms in total. The Labute approximate surface area is 223 Å². The van der Waals surface area contributed by atoms with Gasteiger partial charge in [0.2, 0.25) is 5.91 Å². The summed E-state index contributed by atoms with van der Waals surface area (Å²) >= 11 is 0. The van der Waals surface area contributed by atoms with Crippen LogP contribution in [0.3, 0.4) is 0 Å². The van der Waals surface area contributed by atoms with Crippen LogP contribution in [0.2, 0.25) is 0 Å². The van der Waals surface area contributed by atoms with Crippen molar-refractivity contribution >= 4 is 23.2 Å². The highest BCUT2D eigenvalue weighted by atomic mass is 19.1. The van der Waals surface area contributed by atoms with E-state index in [4.69, 9.17) is 11.0 Å². The molecule has 1 aliphatic rings. The number of nitrogen functional groups attached to an aromatic ring is 1. The molecule has 0 fully saturated rings. The molecule has 1 unspecified atom stereocenters. The Kier molecular flexibility index (Phi) is 5.44. The van der Waals surface area contributed by atoms with Crippen LogP contribution in [0.25, 0.3) is 17.2 Å². The molecule has 0 saturated carbocycles. The summed E-state index contributed by atoms with van der Waals surface area (Å²) in [6.45, 7) is 1.47. The van der Waals surface area contributed by atoms with Crippen molar-refractivity contribution in [3.8, 4) is 23.3 Å². The Balaban J connectivity index is 1.47. The van der Waals surface area contributed by atoms with Crippen molar-refractivity contribution in [3.05, 3.63) is 94.3 Å². The minimum Gasteiger partial charge on any atom is -0.506 e. The van der Waals surface area contributed by atoms with Crippen LogP contribution >= 0.6 is 0 Å². The number of hydrogen-bond donors (Lipinski definition) is 3. The summed E-state index contributed by atoms with van der Waals surface area (Å²) in [5, 5.41) is 21.9. The van der Waals surface area contributed by atoms with Gasteiger partial charge in [0.25, 0.3) is 0 Å². The Morgan fingerprint density at radius 3 is 2.70 bits per heavy atom. The lowest BCUT2D eigenvalue weighted by atomic mass is 9.77. The first-order valence-corrected chi connectivity index (χ1v) is 11.8. The van der Waals surface area contributed by atoms with E-state index in [1.807, 2.05) is 0 Å². The van der Waals surface area contributed by atoms with E-state index in [2.05, 4.69) is 25.3 Å². The molecule has 6 rings (SSSR count). The number of rotatable bonds is 4. The fourth-order valence-corrected chi connectivity index (χ4v) is 4.87. The van der Waals surface area contributed by atoms with Gasteiger partial charge in [0.05, 0.1) is 11.3 Å². The summed E-state index contributed by atoms with van der Waals surface area (Å²) in [6.07, 6.45) is 4.63. The maximum absolute atomic E-state index is 14.5. The highest BCUT2D eigenvalue weighted by molar-refractivity contribution is 6.09. The van der Waals surface area contributed by atoms with Gasteiger partial charge in [-0.15, -0.1) is 0 Å². The monoisotopic (exact) mass is 542 g/mol. The second kappa shape index (κ2) is 8.77. The first-order chi connectivity index (χ1) is 19.1. The van der Waals surface area contributed by atoms with E-state index in [1.54, 1.807) is 22.9 Å². The quantitative estimate of drug-likeness (QED) is 0.311. The standard InChI is InChI=1S/C27H17F3N8O2/c1-27(13-8-17(30)15(10-31)20(39)9-13)21-22(32)35-23(36-24(21)37-26(27)40)19-11-38-5-4-33-25(38)18(34-19)7-12-6-14(28)2-3-16(12)29/h2-6,8-9,11,39H,7H2,1H3,(H3,32,35,36,37,40). The van der Waals surface area contributed by atoms with Crippen molar-refractivity contribution in [2.75, 3.05) is 11.1 Å². The number of aromatic nitrogens is 5. The van der Waals surface area contributed by atoms with Gasteiger partial charge in [0, 0.05) is 25.0 Å². The smallest absolute Gasteiger partial charge is 0.240 e. The molecule has 40 heavy (non-hydrogen) atoms. The van der Waals surface area contributed by atoms with Crippen molar-refractivity contribution in [2.24, 2.45) is 0 Å². The van der Waals surface area contributed by atoms with Crippen LogP contribution in [-0.2, 0) is 16.6 Å². The van der Waals surface area contributed by atoms with Crippen LogP contribution in [0.15, 0.2) is 48.9 Å². The zero-order chi connectivity index (χ0) is 28.3. The van der Waals surface area contributed by atoms with Crippen LogP contribution in [0.4, 0.5) is 24.8 Å². The molecule has 198 valence electrons. The number of carbonyl (C=O) groups is 1. The van der Waals surface area contributed by atoms with Gasteiger partial charge in [-0.3, -0.25) is 4.79 Å². The van der Waals surface area contributed by atoms with Gasteiger partial charge in [0.15, 0.2) is 11.5 Å². The number of anilines is 2. The van der Waals surface area contributed by atoms with Gasteiger partial charge in [-0.05, 0) is 48.4 Å². The molecule has 0 bridgehead atoms. The number of phenolic OH excluding ortho intramolecular Hbond substituents is 1. The van der Waals surface area contributed by atoms with Crippen molar-refractivity contribution in [1.82, 2.24) is 24.3 Å². The highest BCUT2D eigenvalue weighted by Crippen LogP contribution is 2.46. The number of imidazole rings is 1. The highest BCUT2D eigenvalue weighted by Gasteiger charge is 2.48. The molecular weight excluding hydrogens is 525 g/mol. The molecule has 1 amide bonds. The predicted molar refractivity (Wildman–Crippen MR) is 135 cm³/mol. The SMILES string of the molecule is CC1(c2cc(O)c(C#N)c(F)c2)C(=O)Nc2nc(-c3cn4ccnc4c(Cc4cc(F)ccc4F)n3)nc(N)c21. The van der Waals surface area contributed by atoms with E-state index in [0.717, 1.165) is 30.3 Å². The molecule has 4 N–H and O–H groups in total. The number of nitrogens with zero attached hydrogens (tertiary/aromatic N) is 6. The summed E-state index contributed by atoms with van der Waals surface area (Å²) in [6, 6.07) is 6.79. The minimum atomic E-state index is -1.59. The number of benzene rings is 2. The third-order valence-corrected chi connectivity index (χ3v) is 6.92. The second-order valence-corrected chi connectivity index (χ2v) is 9.34. The van der Waals surface area contributed by atoms with Crippen molar-refractivity contribution in [1.29, 1.82) is 5.26 Å². The number of phenols is 1. The van der Waals surface area contributed by atoms with Gasteiger partial charge < -0.3 is 20.6 Å². The number of fused-ring (bicyclic) bond motifs is 2. The first kappa shape index (κ1) is 24.8. The Morgan fingerprint density at radius 2 is 1.95 bits per heavy atom. The van der Waals surface area contributed by atoms with E-state index in [-0.39, 0.29) is 46.3 Å². The van der Waals surface area contributed by atoms with Crippen molar-refractivity contribution in [2.45, 2.75) is 18.8 Å². The molecule has 13 heteroatoms. The van der Waals surface area contributed by atoms with E-state index in [0.29, 0.717) is 11.3 Å². The third-order valence-electron chi connectivity index (χ3n) is 6.92. The lowest BCUT2D eigenvalue weighted by molar-refractivity contribution is -0.119. The number of amides is 1. The molecule has 0 radical (unpaired) electrons. The summed E-state index contributed by atoms with van der Waals surface area (Å²) in [5.41, 5.74) is 5.36. The molecule has 0 spiro atoms. The number of aromatic hydroxyl groups is 1. The average molecular weight is 542 g/mol. The maximum atomic E-state index is 14.5. The minimum absolute atomic E-state index is 0.0196. The van der Waals surface area contributed by atoms with Gasteiger partial charge in [-0.1, -0.05) is 0 Å². The molecule has 1 atom stereocenters. The van der Waals surface area contributed by atoms with Gasteiger partial charge >= 0.3 is 0 Å². The van der Waals surface area contributed by atoms with Crippen LogP contribution in [0.1, 0.15) is 34.9 Å². The maximum Gasteiger partial charge on any atom is 0.240 e. The summed E-state index contributed by atoms with van der Waals surface area (Å²) in [7, 11) is 0. The number of nitrogens with one attached hydrogen (secondary N) is 1. The van der Waals surface area contributed by atoms with E-state index in [1.165, 1.54) is 13.1 Å². The zero-order valence-electron chi connectivity index (χ0n) is 20.6. The molecule has 0 saturated heterocycles. The molecule has 4 heterocycles. The third kappa shape index (κ3) is 3.69. The van der Waals surface area contributed by atoms with Crippen LogP contribution in [0, 0.1) is 28.8 Å². The second-order valence-electron chi connectivity index (χ2n) is 9.34. The summed E-state index contributed by atoms with van der Waals surface area (Å²) < 4.78 is 44.3. The molecular formula is C27H17F3N8O2. The van der Waals surface area contributed by atoms with Crippen LogP contribution in [-0.4, -0.2) is 35.4 Å². The van der Waals surface area contributed by atoms with Gasteiger partial charge in [0.1, 0.15) is 57.6 Å². The largest absolute Gasteiger partial charge is 0.506 e. The van der Waals surface area contributed by atoms with E-state index >= 15 is 0 Å². The average Bonchev–Trinajstić information content (AvgIpc) is 3.49. The van der Waals surface area contributed by atoms with Gasteiger partial charge in [-0.25, -0.2) is 33.1 Å². The lowest BCUT2D eigenvalue weighted by Gasteiger charge is -2.24. The number of carbonyl (C=O) groups excluding carboxylic acids is 1. The van der Waals surface area contributed by atoms with E-state index in [9.17, 15) is 23.1 Å². The fourth-order valence-electron chi connectivity index (χ4n) is 4.87. The summed E-state index contributed by atoms with van der Waals surface area (Å²) in [4.78, 5) is 30.8. The normalized spacial score (nSPS) is 16.1. The van der Waals surface area contributed by atoms with Crippen LogP contribution < -0.4 is 11.1 Å². The predicted octanol–water partition coefficient (Wildman–Crippen LogP) is 3.61. The van der Waals surface area contributed by atoms with Crippen LogP contribution in [0.5, 0.6) is 5.75 Å². The topological polar surface area (TPSA) is 155 Å². The molecule has 5 aromatic rings. The molecule has 0 aliphatic carbocycles. The zero-order valence-corrected chi connectivity index (χ0v) is 20.6. The Bertz CT molecular complexity index is 1910. The Morgan fingerprint density at radius 1 is 1.15 bits per heavy atom. The molecule has 3 aromatic heterocycles. The number of nitriles is 1. The Hall–Kier alpha value is -5.51. The number of halogens is 3. The number of hydrogen-bond acceptors (Lipinski definition) is 8. The number of nitrogens with two attached hydrogens (primary N) is 1. The van der Waals surface area contributed by atoms with Crippen molar-refractivity contribution < 1.29 is 23.1 Å². The van der Waals surface area contributed by atoms with E-state index < -0.39 is 40.1 Å². The molecule has 2 aromatic carbocycles. The lowest BCUT2D eigenvalue weighted by Crippen LogP contribution is -2.33. The first-order valence-electron chi connectivity index (χ1n) is 11.8. The fraction of sp³-hybridized carbons (Fsp3) is 0.111.